The van der Waals surface area contributed by atoms with Crippen LogP contribution in [0.4, 0.5) is 0 Å². The van der Waals surface area contributed by atoms with Gasteiger partial charge in [0.2, 0.25) is 11.7 Å². The maximum absolute atomic E-state index is 5.22. The Morgan fingerprint density at radius 3 is 2.95 bits per heavy atom. The minimum absolute atomic E-state index is 0.456. The predicted molar refractivity (Wildman–Crippen MR) is 69.2 cm³/mol. The van der Waals surface area contributed by atoms with E-state index in [1.807, 2.05) is 11.9 Å². The summed E-state index contributed by atoms with van der Waals surface area (Å²) in [7, 11) is 1.95. The number of hydrogen-bond donors (Lipinski definition) is 0. The smallest absolute Gasteiger partial charge is 0.241 e. The summed E-state index contributed by atoms with van der Waals surface area (Å²) in [5.41, 5.74) is 0.890. The monoisotopic (exact) mass is 271 g/mol. The summed E-state index contributed by atoms with van der Waals surface area (Å²) in [6, 6.07) is 3.57. The molecule has 0 aromatic carbocycles. The minimum atomic E-state index is 0.456. The van der Waals surface area contributed by atoms with Gasteiger partial charge in [0.05, 0.1) is 18.5 Å². The van der Waals surface area contributed by atoms with E-state index < -0.39 is 0 Å². The van der Waals surface area contributed by atoms with E-state index in [4.69, 9.17) is 8.94 Å². The Morgan fingerprint density at radius 1 is 1.25 bits per heavy atom. The van der Waals surface area contributed by atoms with Gasteiger partial charge in [-0.15, -0.1) is 0 Å². The molecule has 0 atom stereocenters. The molecule has 3 heterocycles. The van der Waals surface area contributed by atoms with E-state index in [1.54, 1.807) is 37.0 Å². The lowest BCUT2D eigenvalue weighted by molar-refractivity contribution is 0.258. The minimum Gasteiger partial charge on any atom is -0.461 e. The van der Waals surface area contributed by atoms with Crippen LogP contribution in [0.2, 0.25) is 0 Å². The summed E-state index contributed by atoms with van der Waals surface area (Å²) < 4.78 is 10.4. The molecule has 102 valence electrons. The van der Waals surface area contributed by atoms with Crippen molar-refractivity contribution < 1.29 is 8.94 Å². The predicted octanol–water partition coefficient (Wildman–Crippen LogP) is 1.75. The van der Waals surface area contributed by atoms with E-state index >= 15 is 0 Å². The third kappa shape index (κ3) is 2.89. The quantitative estimate of drug-likeness (QED) is 0.699. The zero-order valence-electron chi connectivity index (χ0n) is 10.9. The van der Waals surface area contributed by atoms with Gasteiger partial charge in [0.25, 0.3) is 0 Å². The molecule has 0 saturated heterocycles. The molecule has 3 rings (SSSR count). The Hall–Kier alpha value is -2.54. The standard InChI is InChI=1S/C13H13N5O2/c1-18(8-10-7-14-4-5-15-10)9-12-16-13(17-20-12)11-3-2-6-19-11/h2-7H,8-9H2,1H3. The third-order valence-corrected chi connectivity index (χ3v) is 2.66. The summed E-state index contributed by atoms with van der Waals surface area (Å²) in [4.78, 5) is 14.6. The van der Waals surface area contributed by atoms with Gasteiger partial charge in [-0.3, -0.25) is 14.9 Å². The average Bonchev–Trinajstić information content (AvgIpc) is 3.10. The molecule has 0 aliphatic rings. The van der Waals surface area contributed by atoms with E-state index in [0.29, 0.717) is 30.6 Å². The van der Waals surface area contributed by atoms with Crippen molar-refractivity contribution in [2.75, 3.05) is 7.05 Å². The van der Waals surface area contributed by atoms with Crippen LogP contribution in [0.1, 0.15) is 11.6 Å². The fourth-order valence-corrected chi connectivity index (χ4v) is 1.80. The molecule has 7 heteroatoms. The van der Waals surface area contributed by atoms with Crippen LogP contribution in [0.3, 0.4) is 0 Å². The van der Waals surface area contributed by atoms with E-state index in [9.17, 15) is 0 Å². The van der Waals surface area contributed by atoms with Crippen LogP contribution < -0.4 is 0 Å². The average molecular weight is 271 g/mol. The van der Waals surface area contributed by atoms with Crippen LogP contribution >= 0.6 is 0 Å². The molecule has 0 bridgehead atoms. The number of nitrogens with zero attached hydrogens (tertiary/aromatic N) is 5. The molecule has 3 aromatic rings. The zero-order chi connectivity index (χ0) is 13.8. The van der Waals surface area contributed by atoms with Crippen molar-refractivity contribution in [1.29, 1.82) is 0 Å². The molecular formula is C13H13N5O2. The van der Waals surface area contributed by atoms with Crippen molar-refractivity contribution >= 4 is 0 Å². The highest BCUT2D eigenvalue weighted by molar-refractivity contribution is 5.44. The lowest BCUT2D eigenvalue weighted by atomic mass is 10.4. The Labute approximate surface area is 115 Å². The number of hydrogen-bond acceptors (Lipinski definition) is 7. The summed E-state index contributed by atoms with van der Waals surface area (Å²) in [6.45, 7) is 1.19. The van der Waals surface area contributed by atoms with Gasteiger partial charge in [-0.2, -0.15) is 4.98 Å². The summed E-state index contributed by atoms with van der Waals surface area (Å²) >= 11 is 0. The third-order valence-electron chi connectivity index (χ3n) is 2.66. The second kappa shape index (κ2) is 5.62. The molecule has 0 aliphatic carbocycles. The Bertz CT molecular complexity index is 650. The van der Waals surface area contributed by atoms with E-state index in [-0.39, 0.29) is 0 Å². The van der Waals surface area contributed by atoms with Gasteiger partial charge in [-0.05, 0) is 19.2 Å². The first kappa shape index (κ1) is 12.5. The van der Waals surface area contributed by atoms with Crippen molar-refractivity contribution in [3.63, 3.8) is 0 Å². The summed E-state index contributed by atoms with van der Waals surface area (Å²) in [5, 5.41) is 3.88. The molecule has 0 amide bonds. The molecule has 7 nitrogen and oxygen atoms in total. The normalized spacial score (nSPS) is 11.1. The van der Waals surface area contributed by atoms with Gasteiger partial charge >= 0.3 is 0 Å². The number of aromatic nitrogens is 4. The van der Waals surface area contributed by atoms with Gasteiger partial charge < -0.3 is 8.94 Å². The fraction of sp³-hybridized carbons (Fsp3) is 0.231. The Balaban J connectivity index is 1.63. The molecule has 0 radical (unpaired) electrons. The molecule has 0 unspecified atom stereocenters. The van der Waals surface area contributed by atoms with Crippen molar-refractivity contribution in [2.45, 2.75) is 13.1 Å². The van der Waals surface area contributed by atoms with Crippen LogP contribution in [0.15, 0.2) is 45.9 Å². The first-order chi connectivity index (χ1) is 9.81. The Morgan fingerprint density at radius 2 is 2.20 bits per heavy atom. The van der Waals surface area contributed by atoms with E-state index in [1.165, 1.54) is 0 Å². The van der Waals surface area contributed by atoms with E-state index in [2.05, 4.69) is 20.1 Å². The van der Waals surface area contributed by atoms with Crippen LogP contribution in [0, 0.1) is 0 Å². The highest BCUT2D eigenvalue weighted by Crippen LogP contribution is 2.16. The molecule has 0 N–H and O–H groups in total. The molecule has 20 heavy (non-hydrogen) atoms. The fourth-order valence-electron chi connectivity index (χ4n) is 1.80. The maximum atomic E-state index is 5.22. The second-order valence-electron chi connectivity index (χ2n) is 4.36. The maximum Gasteiger partial charge on any atom is 0.241 e. The van der Waals surface area contributed by atoms with Crippen LogP contribution in [-0.2, 0) is 13.1 Å². The molecule has 3 aromatic heterocycles. The summed E-state index contributed by atoms with van der Waals surface area (Å²) in [5.74, 6) is 1.58. The van der Waals surface area contributed by atoms with Gasteiger partial charge in [-0.25, -0.2) is 0 Å². The highest BCUT2D eigenvalue weighted by atomic mass is 16.5. The zero-order valence-corrected chi connectivity index (χ0v) is 10.9. The molecule has 0 aliphatic heterocycles. The molecule has 0 spiro atoms. The molecule has 0 saturated carbocycles. The lowest BCUT2D eigenvalue weighted by Crippen LogP contribution is -2.18. The van der Waals surface area contributed by atoms with Gasteiger partial charge in [-0.1, -0.05) is 5.16 Å². The van der Waals surface area contributed by atoms with Gasteiger partial charge in [0, 0.05) is 25.1 Å². The SMILES string of the molecule is CN(Cc1cnccn1)Cc1nc(-c2ccco2)no1. The summed E-state index contributed by atoms with van der Waals surface area (Å²) in [6.07, 6.45) is 6.63. The van der Waals surface area contributed by atoms with Crippen LogP contribution in [-0.4, -0.2) is 32.1 Å². The number of furan rings is 1. The topological polar surface area (TPSA) is 81.1 Å². The van der Waals surface area contributed by atoms with Gasteiger partial charge in [0.1, 0.15) is 0 Å². The van der Waals surface area contributed by atoms with Crippen molar-refractivity contribution in [3.8, 4) is 11.6 Å². The van der Waals surface area contributed by atoms with Crippen LogP contribution in [0.5, 0.6) is 0 Å². The molecule has 0 fully saturated rings. The highest BCUT2D eigenvalue weighted by Gasteiger charge is 2.12. The van der Waals surface area contributed by atoms with Gasteiger partial charge in [0.15, 0.2) is 5.76 Å². The van der Waals surface area contributed by atoms with E-state index in [0.717, 1.165) is 5.69 Å². The largest absolute Gasteiger partial charge is 0.461 e. The Kier molecular flexibility index (Phi) is 3.51. The first-order valence-corrected chi connectivity index (χ1v) is 6.11. The first-order valence-electron chi connectivity index (χ1n) is 6.11. The van der Waals surface area contributed by atoms with Crippen molar-refractivity contribution in [1.82, 2.24) is 25.0 Å². The number of rotatable bonds is 5. The van der Waals surface area contributed by atoms with Crippen molar-refractivity contribution in [2.24, 2.45) is 0 Å². The lowest BCUT2D eigenvalue weighted by Gasteiger charge is -2.12. The second-order valence-corrected chi connectivity index (χ2v) is 4.36. The van der Waals surface area contributed by atoms with Crippen molar-refractivity contribution in [3.05, 3.63) is 48.6 Å². The molecular weight excluding hydrogens is 258 g/mol. The van der Waals surface area contributed by atoms with Crippen LogP contribution in [0.25, 0.3) is 11.6 Å².